The first-order valence-electron chi connectivity index (χ1n) is 4.85. The van der Waals surface area contributed by atoms with Crippen LogP contribution in [0.2, 0.25) is 5.02 Å². The number of hydrogen-bond acceptors (Lipinski definition) is 3. The topological polar surface area (TPSA) is 43.7 Å². The molecule has 0 fully saturated rings. The van der Waals surface area contributed by atoms with Crippen LogP contribution in [0.15, 0.2) is 18.2 Å². The Balaban J connectivity index is 2.92. The van der Waals surface area contributed by atoms with E-state index in [0.717, 1.165) is 11.3 Å². The van der Waals surface area contributed by atoms with Crippen LogP contribution in [-0.2, 0) is 0 Å². The fourth-order valence-electron chi connectivity index (χ4n) is 1.36. The monoisotopic (exact) mass is 229 g/mol. The molecule has 0 heterocycles. The highest BCUT2D eigenvalue weighted by molar-refractivity contribution is 6.33. The summed E-state index contributed by atoms with van der Waals surface area (Å²) < 4.78 is 0. The Labute approximate surface area is 94.9 Å². The molecule has 3 nitrogen and oxygen atoms in total. The van der Waals surface area contributed by atoms with E-state index in [1.165, 1.54) is 0 Å². The largest absolute Gasteiger partial charge is 0.395 e. The van der Waals surface area contributed by atoms with Crippen LogP contribution in [-0.4, -0.2) is 30.4 Å². The normalized spacial score (nSPS) is 12.6. The first-order chi connectivity index (χ1) is 7.06. The molecule has 1 rings (SSSR count). The maximum Gasteiger partial charge on any atom is 0.0762 e. The number of hydrogen-bond donors (Lipinski definition) is 2. The second-order valence-corrected chi connectivity index (χ2v) is 3.94. The van der Waals surface area contributed by atoms with Gasteiger partial charge in [0.25, 0.3) is 0 Å². The van der Waals surface area contributed by atoms with Gasteiger partial charge < -0.3 is 15.1 Å². The fourth-order valence-corrected chi connectivity index (χ4v) is 1.70. The number of rotatable bonds is 4. The first kappa shape index (κ1) is 12.3. The minimum Gasteiger partial charge on any atom is -0.395 e. The predicted molar refractivity (Wildman–Crippen MR) is 62.4 cm³/mol. The number of aliphatic hydroxyl groups excluding tert-OH is 2. The quantitative estimate of drug-likeness (QED) is 0.828. The van der Waals surface area contributed by atoms with Gasteiger partial charge in [0, 0.05) is 13.6 Å². The van der Waals surface area contributed by atoms with Crippen molar-refractivity contribution >= 4 is 17.3 Å². The third-order valence-corrected chi connectivity index (χ3v) is 2.60. The zero-order chi connectivity index (χ0) is 11.4. The minimum atomic E-state index is -0.514. The lowest BCUT2D eigenvalue weighted by Gasteiger charge is -2.20. The molecule has 1 atom stereocenters. The lowest BCUT2D eigenvalue weighted by Crippen LogP contribution is -2.21. The second-order valence-electron chi connectivity index (χ2n) is 3.53. The highest BCUT2D eigenvalue weighted by atomic mass is 35.5. The van der Waals surface area contributed by atoms with Crippen LogP contribution >= 0.6 is 11.6 Å². The van der Waals surface area contributed by atoms with E-state index in [-0.39, 0.29) is 6.61 Å². The van der Waals surface area contributed by atoms with Gasteiger partial charge in [-0.15, -0.1) is 0 Å². The number of anilines is 1. The molecule has 1 aromatic carbocycles. The van der Waals surface area contributed by atoms with Crippen LogP contribution in [0.5, 0.6) is 0 Å². The van der Waals surface area contributed by atoms with Gasteiger partial charge in [-0.05, 0) is 24.6 Å². The first-order valence-corrected chi connectivity index (χ1v) is 5.23. The van der Waals surface area contributed by atoms with Gasteiger partial charge in [-0.2, -0.15) is 0 Å². The van der Waals surface area contributed by atoms with Gasteiger partial charge in [0.05, 0.1) is 23.4 Å². The summed E-state index contributed by atoms with van der Waals surface area (Å²) in [4.78, 5) is 1.87. The molecule has 0 radical (unpaired) electrons. The molecule has 0 spiro atoms. The lowest BCUT2D eigenvalue weighted by molar-refractivity contribution is 0.199. The second kappa shape index (κ2) is 5.35. The smallest absolute Gasteiger partial charge is 0.0762 e. The molecule has 84 valence electrons. The van der Waals surface area contributed by atoms with Crippen molar-refractivity contribution in [3.63, 3.8) is 0 Å². The van der Waals surface area contributed by atoms with Gasteiger partial charge >= 0.3 is 0 Å². The predicted octanol–water partition coefficient (Wildman–Crippen LogP) is 1.82. The minimum absolute atomic E-state index is 0.0883. The Morgan fingerprint density at radius 1 is 1.47 bits per heavy atom. The average molecular weight is 230 g/mol. The zero-order valence-corrected chi connectivity index (χ0v) is 9.70. The highest BCUT2D eigenvalue weighted by Gasteiger charge is 2.08. The van der Waals surface area contributed by atoms with Crippen molar-refractivity contribution in [2.75, 3.05) is 25.1 Å². The van der Waals surface area contributed by atoms with E-state index >= 15 is 0 Å². The standard InChI is InChI=1S/C11H16ClNO2/c1-8(15)9-3-4-11(10(12)7-9)13(2)5-6-14/h3-4,7-8,14-15H,5-6H2,1-2H3/t8-/m0/s1. The van der Waals surface area contributed by atoms with Crippen molar-refractivity contribution in [2.24, 2.45) is 0 Å². The van der Waals surface area contributed by atoms with Crippen LogP contribution in [0.3, 0.4) is 0 Å². The molecule has 0 aliphatic rings. The van der Waals surface area contributed by atoms with Gasteiger partial charge in [-0.1, -0.05) is 17.7 Å². The van der Waals surface area contributed by atoms with Gasteiger partial charge in [0.2, 0.25) is 0 Å². The molecule has 0 aromatic heterocycles. The third kappa shape index (κ3) is 3.09. The van der Waals surface area contributed by atoms with Crippen LogP contribution in [0.1, 0.15) is 18.6 Å². The van der Waals surface area contributed by atoms with E-state index in [9.17, 15) is 5.11 Å². The summed E-state index contributed by atoms with van der Waals surface area (Å²) in [6.07, 6.45) is -0.514. The molecule has 0 saturated heterocycles. The summed E-state index contributed by atoms with van der Waals surface area (Å²) in [5.74, 6) is 0. The maximum absolute atomic E-state index is 9.37. The Morgan fingerprint density at radius 3 is 2.60 bits per heavy atom. The SMILES string of the molecule is C[C@H](O)c1ccc(N(C)CCO)c(Cl)c1. The van der Waals surface area contributed by atoms with Crippen molar-refractivity contribution in [2.45, 2.75) is 13.0 Å². The van der Waals surface area contributed by atoms with E-state index in [1.54, 1.807) is 13.0 Å². The van der Waals surface area contributed by atoms with Gasteiger partial charge in [-0.25, -0.2) is 0 Å². The van der Waals surface area contributed by atoms with Gasteiger partial charge in [0.15, 0.2) is 0 Å². The number of halogens is 1. The molecule has 4 heteroatoms. The molecular formula is C11H16ClNO2. The number of likely N-dealkylation sites (N-methyl/N-ethyl adjacent to an activating group) is 1. The van der Waals surface area contributed by atoms with Crippen molar-refractivity contribution in [1.29, 1.82) is 0 Å². The summed E-state index contributed by atoms with van der Waals surface area (Å²) >= 11 is 6.07. The summed E-state index contributed by atoms with van der Waals surface area (Å²) in [5.41, 5.74) is 1.65. The fraction of sp³-hybridized carbons (Fsp3) is 0.455. The number of nitrogens with zero attached hydrogens (tertiary/aromatic N) is 1. The molecule has 0 unspecified atom stereocenters. The van der Waals surface area contributed by atoms with E-state index in [4.69, 9.17) is 16.7 Å². The van der Waals surface area contributed by atoms with Crippen molar-refractivity contribution in [3.05, 3.63) is 28.8 Å². The molecule has 15 heavy (non-hydrogen) atoms. The number of aliphatic hydroxyl groups is 2. The van der Waals surface area contributed by atoms with Gasteiger partial charge in [0.1, 0.15) is 0 Å². The Kier molecular flexibility index (Phi) is 4.39. The summed E-state index contributed by atoms with van der Waals surface area (Å²) in [5, 5.41) is 18.8. The maximum atomic E-state index is 9.37. The van der Waals surface area contributed by atoms with E-state index in [0.29, 0.717) is 11.6 Å². The molecule has 1 aromatic rings. The molecule has 0 aliphatic heterocycles. The van der Waals surface area contributed by atoms with Crippen molar-refractivity contribution < 1.29 is 10.2 Å². The van der Waals surface area contributed by atoms with Crippen molar-refractivity contribution in [3.8, 4) is 0 Å². The molecule has 0 aliphatic carbocycles. The van der Waals surface area contributed by atoms with Crippen molar-refractivity contribution in [1.82, 2.24) is 0 Å². The van der Waals surface area contributed by atoms with E-state index in [2.05, 4.69) is 0 Å². The average Bonchev–Trinajstić information content (AvgIpc) is 2.17. The Hall–Kier alpha value is -0.770. The number of benzene rings is 1. The Bertz CT molecular complexity index is 328. The van der Waals surface area contributed by atoms with E-state index < -0.39 is 6.10 Å². The van der Waals surface area contributed by atoms with Crippen LogP contribution in [0.4, 0.5) is 5.69 Å². The van der Waals surface area contributed by atoms with Crippen LogP contribution < -0.4 is 4.90 Å². The zero-order valence-electron chi connectivity index (χ0n) is 8.94. The molecule has 0 saturated carbocycles. The van der Waals surface area contributed by atoms with Gasteiger partial charge in [-0.3, -0.25) is 0 Å². The summed E-state index contributed by atoms with van der Waals surface area (Å²) in [6, 6.07) is 5.43. The lowest BCUT2D eigenvalue weighted by atomic mass is 10.1. The molecule has 2 N–H and O–H groups in total. The Morgan fingerprint density at radius 2 is 2.13 bits per heavy atom. The summed E-state index contributed by atoms with van der Waals surface area (Å²) in [7, 11) is 1.86. The summed E-state index contributed by atoms with van der Waals surface area (Å²) in [6.45, 7) is 2.32. The highest BCUT2D eigenvalue weighted by Crippen LogP contribution is 2.28. The molecule has 0 amide bonds. The van der Waals surface area contributed by atoms with Crippen LogP contribution in [0, 0.1) is 0 Å². The van der Waals surface area contributed by atoms with E-state index in [1.807, 2.05) is 24.1 Å². The van der Waals surface area contributed by atoms with Crippen LogP contribution in [0.25, 0.3) is 0 Å². The molecule has 0 bridgehead atoms. The third-order valence-electron chi connectivity index (χ3n) is 2.30. The molecular weight excluding hydrogens is 214 g/mol.